The van der Waals surface area contributed by atoms with E-state index in [2.05, 4.69) is 14.9 Å². The molecule has 2 aliphatic rings. The van der Waals surface area contributed by atoms with Crippen LogP contribution in [0.25, 0.3) is 0 Å². The molecular weight excluding hydrogens is 446 g/mol. The van der Waals surface area contributed by atoms with Gasteiger partial charge in [-0.2, -0.15) is 0 Å². The highest BCUT2D eigenvalue weighted by Crippen LogP contribution is 2.33. The molecule has 1 saturated heterocycles. The topological polar surface area (TPSA) is 114 Å². The van der Waals surface area contributed by atoms with Gasteiger partial charge >= 0.3 is 5.97 Å². The fourth-order valence-electron chi connectivity index (χ4n) is 4.64. The van der Waals surface area contributed by atoms with Crippen molar-refractivity contribution in [1.82, 2.24) is 14.9 Å². The molecule has 10 heteroatoms. The standard InChI is InChI=1S/C23H35N3O6S/c1-3-25-33(29,30)19-8-7-18(2)20(15-19)22(28)32-16-21(27)24-17-23(9-5-4-6-10-23)26-11-13-31-14-12-26/h7-8,15,25H,3-6,9-14,16-17H2,1-2H3,(H,24,27). The molecule has 9 nitrogen and oxygen atoms in total. The Morgan fingerprint density at radius 3 is 2.52 bits per heavy atom. The first-order valence-corrected chi connectivity index (χ1v) is 13.1. The summed E-state index contributed by atoms with van der Waals surface area (Å²) >= 11 is 0. The summed E-state index contributed by atoms with van der Waals surface area (Å²) in [6, 6.07) is 4.27. The highest BCUT2D eigenvalue weighted by atomic mass is 32.2. The van der Waals surface area contributed by atoms with E-state index >= 15 is 0 Å². The monoisotopic (exact) mass is 481 g/mol. The lowest BCUT2D eigenvalue weighted by atomic mass is 9.79. The van der Waals surface area contributed by atoms with Gasteiger partial charge in [0.25, 0.3) is 5.91 Å². The van der Waals surface area contributed by atoms with Crippen LogP contribution in [-0.4, -0.2) is 76.7 Å². The molecule has 1 heterocycles. The number of ether oxygens (including phenoxy) is 2. The van der Waals surface area contributed by atoms with E-state index in [0.29, 0.717) is 25.3 Å². The molecule has 33 heavy (non-hydrogen) atoms. The van der Waals surface area contributed by atoms with Gasteiger partial charge in [0, 0.05) is 31.7 Å². The summed E-state index contributed by atoms with van der Waals surface area (Å²) in [5.74, 6) is -1.09. The van der Waals surface area contributed by atoms with Crippen molar-refractivity contribution >= 4 is 21.9 Å². The van der Waals surface area contributed by atoms with E-state index < -0.39 is 22.6 Å². The number of hydrogen-bond acceptors (Lipinski definition) is 7. The normalized spacial score (nSPS) is 19.1. The number of benzene rings is 1. The Morgan fingerprint density at radius 1 is 1.15 bits per heavy atom. The van der Waals surface area contributed by atoms with Gasteiger partial charge in [0.1, 0.15) is 0 Å². The van der Waals surface area contributed by atoms with Crippen LogP contribution in [0, 0.1) is 6.92 Å². The Morgan fingerprint density at radius 2 is 1.85 bits per heavy atom. The van der Waals surface area contributed by atoms with Crippen molar-refractivity contribution in [3.63, 3.8) is 0 Å². The highest BCUT2D eigenvalue weighted by molar-refractivity contribution is 7.89. The van der Waals surface area contributed by atoms with E-state index in [9.17, 15) is 18.0 Å². The number of esters is 1. The summed E-state index contributed by atoms with van der Waals surface area (Å²) in [4.78, 5) is 27.5. The van der Waals surface area contributed by atoms with Crippen molar-refractivity contribution in [2.24, 2.45) is 0 Å². The van der Waals surface area contributed by atoms with Crippen LogP contribution in [0.5, 0.6) is 0 Å². The zero-order valence-electron chi connectivity index (χ0n) is 19.5. The van der Waals surface area contributed by atoms with Gasteiger partial charge in [-0.1, -0.05) is 32.3 Å². The second kappa shape index (κ2) is 11.4. The van der Waals surface area contributed by atoms with Crippen molar-refractivity contribution in [3.05, 3.63) is 29.3 Å². The lowest BCUT2D eigenvalue weighted by molar-refractivity contribution is -0.125. The average Bonchev–Trinajstić information content (AvgIpc) is 2.82. The Hall–Kier alpha value is -2.01. The minimum atomic E-state index is -3.70. The summed E-state index contributed by atoms with van der Waals surface area (Å²) in [7, 11) is -3.70. The Bertz CT molecular complexity index is 938. The molecule has 3 rings (SSSR count). The number of morpholine rings is 1. The van der Waals surface area contributed by atoms with Gasteiger partial charge in [-0.3, -0.25) is 9.69 Å². The molecule has 0 aromatic heterocycles. The van der Waals surface area contributed by atoms with E-state index in [-0.39, 0.29) is 28.4 Å². The average molecular weight is 482 g/mol. The first-order valence-electron chi connectivity index (χ1n) is 11.6. The number of carbonyl (C=O) groups is 2. The number of sulfonamides is 1. The summed E-state index contributed by atoms with van der Waals surface area (Å²) < 4.78 is 37.6. The number of nitrogens with zero attached hydrogens (tertiary/aromatic N) is 1. The Labute approximate surface area is 196 Å². The second-order valence-electron chi connectivity index (χ2n) is 8.72. The van der Waals surface area contributed by atoms with Crippen LogP contribution in [0.4, 0.5) is 0 Å². The summed E-state index contributed by atoms with van der Waals surface area (Å²) in [6.07, 6.45) is 5.53. The van der Waals surface area contributed by atoms with Gasteiger partial charge in [-0.15, -0.1) is 0 Å². The molecule has 1 aromatic rings. The third-order valence-corrected chi connectivity index (χ3v) is 8.03. The van der Waals surface area contributed by atoms with Gasteiger partial charge < -0.3 is 14.8 Å². The fraction of sp³-hybridized carbons (Fsp3) is 0.652. The van der Waals surface area contributed by atoms with E-state index in [4.69, 9.17) is 9.47 Å². The van der Waals surface area contributed by atoms with E-state index in [1.165, 1.54) is 18.6 Å². The first kappa shape index (κ1) is 25.6. The molecule has 184 valence electrons. The summed E-state index contributed by atoms with van der Waals surface area (Å²) in [5.41, 5.74) is 0.621. The highest BCUT2D eigenvalue weighted by Gasteiger charge is 2.38. The van der Waals surface area contributed by atoms with Crippen molar-refractivity contribution in [2.45, 2.75) is 56.4 Å². The molecular formula is C23H35N3O6S. The molecule has 0 bridgehead atoms. The van der Waals surface area contributed by atoms with Crippen LogP contribution in [-0.2, 0) is 24.3 Å². The second-order valence-corrected chi connectivity index (χ2v) is 10.5. The van der Waals surface area contributed by atoms with Crippen molar-refractivity contribution in [1.29, 1.82) is 0 Å². The number of hydrogen-bond donors (Lipinski definition) is 2. The number of carbonyl (C=O) groups excluding carboxylic acids is 2. The van der Waals surface area contributed by atoms with Crippen LogP contribution in [0.3, 0.4) is 0 Å². The molecule has 0 atom stereocenters. The van der Waals surface area contributed by atoms with Crippen LogP contribution in [0.1, 0.15) is 54.9 Å². The van der Waals surface area contributed by atoms with Crippen LogP contribution < -0.4 is 10.0 Å². The van der Waals surface area contributed by atoms with Gasteiger partial charge in [0.05, 0.1) is 23.7 Å². The quantitative estimate of drug-likeness (QED) is 0.515. The van der Waals surface area contributed by atoms with Crippen molar-refractivity contribution in [2.75, 3.05) is 46.0 Å². The Balaban J connectivity index is 1.58. The molecule has 0 spiro atoms. The zero-order chi connectivity index (χ0) is 23.9. The van der Waals surface area contributed by atoms with Gasteiger partial charge in [-0.25, -0.2) is 17.9 Å². The number of amides is 1. The summed E-state index contributed by atoms with van der Waals surface area (Å²) in [5, 5.41) is 2.96. The maximum absolute atomic E-state index is 12.6. The lowest BCUT2D eigenvalue weighted by Gasteiger charge is -2.48. The van der Waals surface area contributed by atoms with Gasteiger partial charge in [0.15, 0.2) is 6.61 Å². The number of rotatable bonds is 9. The van der Waals surface area contributed by atoms with E-state index in [0.717, 1.165) is 38.8 Å². The smallest absolute Gasteiger partial charge is 0.338 e. The predicted molar refractivity (Wildman–Crippen MR) is 124 cm³/mol. The van der Waals surface area contributed by atoms with E-state index in [1.54, 1.807) is 19.9 Å². The van der Waals surface area contributed by atoms with Crippen molar-refractivity contribution in [3.8, 4) is 0 Å². The molecule has 0 radical (unpaired) electrons. The van der Waals surface area contributed by atoms with Crippen LogP contribution >= 0.6 is 0 Å². The Kier molecular flexibility index (Phi) is 8.86. The zero-order valence-corrected chi connectivity index (χ0v) is 20.3. The molecule has 1 saturated carbocycles. The molecule has 0 unspecified atom stereocenters. The summed E-state index contributed by atoms with van der Waals surface area (Å²) in [6.45, 7) is 6.82. The van der Waals surface area contributed by atoms with Crippen LogP contribution in [0.15, 0.2) is 23.1 Å². The predicted octanol–water partition coefficient (Wildman–Crippen LogP) is 1.60. The van der Waals surface area contributed by atoms with Crippen molar-refractivity contribution < 1.29 is 27.5 Å². The van der Waals surface area contributed by atoms with Crippen LogP contribution in [0.2, 0.25) is 0 Å². The fourth-order valence-corrected chi connectivity index (χ4v) is 5.70. The molecule has 1 aliphatic carbocycles. The lowest BCUT2D eigenvalue weighted by Crippen LogP contribution is -2.59. The molecule has 1 aromatic carbocycles. The maximum atomic E-state index is 12.6. The minimum absolute atomic E-state index is 0.0175. The molecule has 1 amide bonds. The van der Waals surface area contributed by atoms with Gasteiger partial charge in [-0.05, 0) is 37.5 Å². The molecule has 2 fully saturated rings. The maximum Gasteiger partial charge on any atom is 0.338 e. The third kappa shape index (κ3) is 6.53. The largest absolute Gasteiger partial charge is 0.452 e. The molecule has 2 N–H and O–H groups in total. The SMILES string of the molecule is CCNS(=O)(=O)c1ccc(C)c(C(=O)OCC(=O)NCC2(N3CCOCC3)CCCCC2)c1. The number of nitrogens with one attached hydrogen (secondary N) is 2. The first-order chi connectivity index (χ1) is 15.8. The van der Waals surface area contributed by atoms with E-state index in [1.807, 2.05) is 0 Å². The minimum Gasteiger partial charge on any atom is -0.452 e. The van der Waals surface area contributed by atoms with Gasteiger partial charge in [0.2, 0.25) is 10.0 Å². The molecule has 1 aliphatic heterocycles. The third-order valence-electron chi connectivity index (χ3n) is 6.49. The number of aryl methyl sites for hydroxylation is 1.